The van der Waals surface area contributed by atoms with Crippen molar-refractivity contribution in [2.24, 2.45) is 11.8 Å². The Morgan fingerprint density at radius 3 is 2.52 bits per heavy atom. The number of aryl methyl sites for hydroxylation is 1. The van der Waals surface area contributed by atoms with E-state index in [0.29, 0.717) is 0 Å². The molecule has 1 atom stereocenters. The van der Waals surface area contributed by atoms with Crippen molar-refractivity contribution in [1.29, 1.82) is 0 Å². The maximum absolute atomic E-state index is 2.58. The average molecular weight is 313 g/mol. The van der Waals surface area contributed by atoms with Gasteiger partial charge >= 0.3 is 0 Å². The predicted octanol–water partition coefficient (Wildman–Crippen LogP) is 7.06. The van der Waals surface area contributed by atoms with Crippen molar-refractivity contribution < 1.29 is 0 Å². The molecule has 2 aliphatic carbocycles. The Kier molecular flexibility index (Phi) is 6.20. The Hall–Kier alpha value is -0.780. The summed E-state index contributed by atoms with van der Waals surface area (Å²) in [5, 5.41) is 0. The molecule has 0 N–H and O–H groups in total. The predicted molar refractivity (Wildman–Crippen MR) is 101 cm³/mol. The summed E-state index contributed by atoms with van der Waals surface area (Å²) >= 11 is 0. The van der Waals surface area contributed by atoms with E-state index in [0.717, 1.165) is 17.8 Å². The lowest BCUT2D eigenvalue weighted by Gasteiger charge is -2.30. The van der Waals surface area contributed by atoms with Crippen LogP contribution >= 0.6 is 0 Å². The summed E-state index contributed by atoms with van der Waals surface area (Å²) in [5.74, 6) is 2.77. The van der Waals surface area contributed by atoms with Gasteiger partial charge < -0.3 is 0 Å². The molecule has 1 fully saturated rings. The first-order valence-corrected chi connectivity index (χ1v) is 10.4. The maximum Gasteiger partial charge on any atom is -0.0162 e. The Morgan fingerprint density at radius 1 is 0.913 bits per heavy atom. The molecule has 0 heteroatoms. The highest BCUT2D eigenvalue weighted by Gasteiger charge is 2.23. The molecule has 0 bridgehead atoms. The van der Waals surface area contributed by atoms with E-state index < -0.39 is 0 Å². The summed E-state index contributed by atoms with van der Waals surface area (Å²) in [6.07, 6.45) is 17.1. The molecule has 2 aliphatic rings. The Balaban J connectivity index is 1.50. The molecule has 1 aromatic rings. The zero-order valence-electron chi connectivity index (χ0n) is 15.4. The Bertz CT molecular complexity index is 479. The van der Waals surface area contributed by atoms with E-state index >= 15 is 0 Å². The van der Waals surface area contributed by atoms with Crippen LogP contribution in [0.25, 0.3) is 0 Å². The van der Waals surface area contributed by atoms with Crippen LogP contribution in [0.15, 0.2) is 18.2 Å². The van der Waals surface area contributed by atoms with E-state index in [1.54, 1.807) is 16.7 Å². The normalized spacial score (nSPS) is 27.7. The van der Waals surface area contributed by atoms with Crippen LogP contribution in [0.4, 0.5) is 0 Å². The zero-order chi connectivity index (χ0) is 16.1. The molecule has 1 saturated carbocycles. The van der Waals surface area contributed by atoms with Gasteiger partial charge in [-0.1, -0.05) is 64.2 Å². The first-order valence-electron chi connectivity index (χ1n) is 10.4. The van der Waals surface area contributed by atoms with Gasteiger partial charge in [-0.15, -0.1) is 0 Å². The molecule has 0 amide bonds. The minimum absolute atomic E-state index is 0.853. The lowest BCUT2D eigenvalue weighted by Crippen LogP contribution is -2.15. The van der Waals surface area contributed by atoms with Gasteiger partial charge in [-0.05, 0) is 79.4 Å². The minimum Gasteiger partial charge on any atom is -0.0654 e. The van der Waals surface area contributed by atoms with Gasteiger partial charge in [0.25, 0.3) is 0 Å². The number of hydrogen-bond donors (Lipinski definition) is 0. The van der Waals surface area contributed by atoms with Gasteiger partial charge in [0.05, 0.1) is 0 Å². The molecule has 0 nitrogen and oxygen atoms in total. The molecule has 0 saturated heterocycles. The van der Waals surface area contributed by atoms with Gasteiger partial charge in [0, 0.05) is 0 Å². The number of hydrogen-bond acceptors (Lipinski definition) is 0. The van der Waals surface area contributed by atoms with Crippen molar-refractivity contribution in [2.75, 3.05) is 0 Å². The van der Waals surface area contributed by atoms with Crippen molar-refractivity contribution in [3.05, 3.63) is 34.9 Å². The number of unbranched alkanes of at least 4 members (excludes halogenated alkanes) is 3. The molecule has 1 aromatic carbocycles. The fourth-order valence-corrected chi connectivity index (χ4v) is 4.86. The molecule has 3 rings (SSSR count). The third-order valence-electron chi connectivity index (χ3n) is 6.49. The van der Waals surface area contributed by atoms with Crippen LogP contribution in [-0.2, 0) is 12.8 Å². The molecule has 23 heavy (non-hydrogen) atoms. The fourth-order valence-electron chi connectivity index (χ4n) is 4.86. The van der Waals surface area contributed by atoms with Crippen molar-refractivity contribution in [2.45, 2.75) is 96.8 Å². The van der Waals surface area contributed by atoms with E-state index in [1.807, 2.05) is 0 Å². The van der Waals surface area contributed by atoms with Gasteiger partial charge in [-0.25, -0.2) is 0 Å². The number of benzene rings is 1. The monoisotopic (exact) mass is 312 g/mol. The second-order valence-electron chi connectivity index (χ2n) is 8.44. The van der Waals surface area contributed by atoms with Gasteiger partial charge in [-0.3, -0.25) is 0 Å². The highest BCUT2D eigenvalue weighted by Crippen LogP contribution is 2.39. The van der Waals surface area contributed by atoms with Crippen molar-refractivity contribution in [3.63, 3.8) is 0 Å². The molecule has 0 aromatic heterocycles. The molecule has 128 valence electrons. The lowest BCUT2D eigenvalue weighted by molar-refractivity contribution is 0.302. The largest absolute Gasteiger partial charge is 0.0654 e. The Morgan fingerprint density at radius 2 is 1.74 bits per heavy atom. The van der Waals surface area contributed by atoms with E-state index in [1.165, 1.54) is 77.0 Å². The van der Waals surface area contributed by atoms with E-state index in [4.69, 9.17) is 0 Å². The summed E-state index contributed by atoms with van der Waals surface area (Å²) in [6.45, 7) is 4.71. The highest BCUT2D eigenvalue weighted by atomic mass is 14.3. The van der Waals surface area contributed by atoms with Gasteiger partial charge in [0.15, 0.2) is 0 Å². The second-order valence-corrected chi connectivity index (χ2v) is 8.44. The molecule has 0 heterocycles. The first-order chi connectivity index (χ1) is 11.3. The summed E-state index contributed by atoms with van der Waals surface area (Å²) in [7, 11) is 0. The number of rotatable bonds is 6. The van der Waals surface area contributed by atoms with Gasteiger partial charge in [-0.2, -0.15) is 0 Å². The topological polar surface area (TPSA) is 0 Å². The van der Waals surface area contributed by atoms with E-state index in [-0.39, 0.29) is 0 Å². The quantitative estimate of drug-likeness (QED) is 0.493. The maximum atomic E-state index is 2.58. The van der Waals surface area contributed by atoms with Crippen LogP contribution in [0.3, 0.4) is 0 Å². The number of fused-ring (bicyclic) bond motifs is 1. The molecule has 0 aliphatic heterocycles. The molecule has 0 radical (unpaired) electrons. The van der Waals surface area contributed by atoms with Crippen LogP contribution in [0, 0.1) is 11.8 Å². The van der Waals surface area contributed by atoms with Gasteiger partial charge in [0.1, 0.15) is 0 Å². The molecular weight excluding hydrogens is 276 g/mol. The Labute approximate surface area is 144 Å². The minimum atomic E-state index is 0.853. The second kappa shape index (κ2) is 8.36. The van der Waals surface area contributed by atoms with Crippen LogP contribution in [0.2, 0.25) is 0 Å². The highest BCUT2D eigenvalue weighted by molar-refractivity contribution is 5.36. The third kappa shape index (κ3) is 4.61. The van der Waals surface area contributed by atoms with E-state index in [2.05, 4.69) is 32.0 Å². The molecular formula is C23H36. The average Bonchev–Trinajstić information content (AvgIpc) is 2.59. The SMILES string of the molecule is CCCCCC[C@H]1CC[C@H](c2ccc3c(c2)CCC(C)C3)CC1. The molecule has 0 spiro atoms. The summed E-state index contributed by atoms with van der Waals surface area (Å²) < 4.78 is 0. The summed E-state index contributed by atoms with van der Waals surface area (Å²) in [5.41, 5.74) is 4.96. The molecule has 1 unspecified atom stereocenters. The van der Waals surface area contributed by atoms with Crippen molar-refractivity contribution in [1.82, 2.24) is 0 Å². The van der Waals surface area contributed by atoms with E-state index in [9.17, 15) is 0 Å². The van der Waals surface area contributed by atoms with Crippen LogP contribution < -0.4 is 0 Å². The summed E-state index contributed by atoms with van der Waals surface area (Å²) in [6, 6.07) is 7.49. The fraction of sp³-hybridized carbons (Fsp3) is 0.739. The first kappa shape index (κ1) is 17.1. The lowest BCUT2D eigenvalue weighted by atomic mass is 9.75. The van der Waals surface area contributed by atoms with Crippen LogP contribution in [0.5, 0.6) is 0 Å². The smallest absolute Gasteiger partial charge is 0.0162 e. The van der Waals surface area contributed by atoms with Crippen LogP contribution in [0.1, 0.15) is 101 Å². The van der Waals surface area contributed by atoms with Crippen molar-refractivity contribution in [3.8, 4) is 0 Å². The third-order valence-corrected chi connectivity index (χ3v) is 6.49. The van der Waals surface area contributed by atoms with Crippen molar-refractivity contribution >= 4 is 0 Å². The standard InChI is InChI=1S/C23H36/c1-3-4-5-6-7-19-9-12-20(13-10-19)22-15-14-21-16-18(2)8-11-23(21)17-22/h14-15,17-20H,3-13,16H2,1-2H3/t18?,19-,20-. The van der Waals surface area contributed by atoms with Crippen LogP contribution in [-0.4, -0.2) is 0 Å². The van der Waals surface area contributed by atoms with Gasteiger partial charge in [0.2, 0.25) is 0 Å². The summed E-state index contributed by atoms with van der Waals surface area (Å²) in [4.78, 5) is 0. The zero-order valence-corrected chi connectivity index (χ0v) is 15.4.